The van der Waals surface area contributed by atoms with Crippen LogP contribution in [0.25, 0.3) is 11.0 Å². The molecule has 33 heavy (non-hydrogen) atoms. The van der Waals surface area contributed by atoms with Crippen LogP contribution >= 0.6 is 11.6 Å². The zero-order chi connectivity index (χ0) is 23.1. The second-order valence-corrected chi connectivity index (χ2v) is 12.1. The number of aliphatic hydroxyl groups excluding tert-OH is 3. The standard InChI is InChI=1S/C25H29ClN2O5/c1-22(2)8-7-16(29)23-10-33-25(32,21(31)18(22)23)24-15(23)6-4-12(20(24)30)17-19(24)28-13-5-3-11(26)9-14(13)27-17/h3,5,9,12,15-16,18,20-21,29-32H,4,6-8,10H2,1-2H3/t12-,15?,16-,18?,20+,21-,23+,24?,25-/m0/s1. The molecule has 3 heterocycles. The molecule has 2 saturated heterocycles. The summed E-state index contributed by atoms with van der Waals surface area (Å²) in [6.45, 7) is 4.37. The predicted octanol–water partition coefficient (Wildman–Crippen LogP) is 2.27. The zero-order valence-electron chi connectivity index (χ0n) is 18.7. The Bertz CT molecular complexity index is 1210. The number of nitrogens with zero attached hydrogens (tertiary/aromatic N) is 2. The first-order valence-corrected chi connectivity index (χ1v) is 12.3. The Morgan fingerprint density at radius 3 is 2.61 bits per heavy atom. The van der Waals surface area contributed by atoms with Crippen LogP contribution in [-0.4, -0.2) is 61.1 Å². The minimum Gasteiger partial charge on any atom is -0.392 e. The molecule has 4 aliphatic carbocycles. The van der Waals surface area contributed by atoms with Gasteiger partial charge in [-0.2, -0.15) is 0 Å². The smallest absolute Gasteiger partial charge is 0.206 e. The van der Waals surface area contributed by atoms with E-state index in [-0.39, 0.29) is 29.8 Å². The van der Waals surface area contributed by atoms with Crippen molar-refractivity contribution in [1.82, 2.24) is 9.97 Å². The molecule has 6 aliphatic rings. The molecule has 2 aromatic rings. The van der Waals surface area contributed by atoms with Crippen LogP contribution in [-0.2, 0) is 10.2 Å². The van der Waals surface area contributed by atoms with Gasteiger partial charge in [-0.15, -0.1) is 0 Å². The van der Waals surface area contributed by atoms with Gasteiger partial charge in [-0.3, -0.25) is 0 Å². The second kappa shape index (κ2) is 6.07. The third-order valence-corrected chi connectivity index (χ3v) is 10.4. The molecule has 7 nitrogen and oxygen atoms in total. The second-order valence-electron chi connectivity index (χ2n) is 11.7. The van der Waals surface area contributed by atoms with Gasteiger partial charge < -0.3 is 25.2 Å². The lowest BCUT2D eigenvalue weighted by molar-refractivity contribution is -0.449. The van der Waals surface area contributed by atoms with E-state index in [0.29, 0.717) is 46.7 Å². The summed E-state index contributed by atoms with van der Waals surface area (Å²) in [7, 11) is 0. The maximum absolute atomic E-state index is 12.2. The van der Waals surface area contributed by atoms with E-state index in [9.17, 15) is 20.4 Å². The van der Waals surface area contributed by atoms with Gasteiger partial charge in [0.25, 0.3) is 0 Å². The molecule has 176 valence electrons. The normalized spacial score (nSPS) is 48.9. The number of aliphatic hydroxyl groups is 4. The van der Waals surface area contributed by atoms with Crippen LogP contribution in [0.3, 0.4) is 0 Å². The van der Waals surface area contributed by atoms with Crippen molar-refractivity contribution in [3.05, 3.63) is 34.6 Å². The molecule has 3 saturated carbocycles. The largest absolute Gasteiger partial charge is 0.392 e. The lowest BCUT2D eigenvalue weighted by Gasteiger charge is -2.75. The van der Waals surface area contributed by atoms with Crippen molar-refractivity contribution in [1.29, 1.82) is 0 Å². The Hall–Kier alpha value is -1.35. The molecule has 2 spiro atoms. The lowest BCUT2D eigenvalue weighted by Crippen LogP contribution is -2.86. The van der Waals surface area contributed by atoms with E-state index in [0.717, 1.165) is 6.42 Å². The van der Waals surface area contributed by atoms with Crippen LogP contribution in [0.1, 0.15) is 56.8 Å². The first-order valence-electron chi connectivity index (χ1n) is 12.0. The summed E-state index contributed by atoms with van der Waals surface area (Å²) in [6.07, 6.45) is -0.271. The van der Waals surface area contributed by atoms with Gasteiger partial charge in [-0.1, -0.05) is 25.4 Å². The molecule has 5 fully saturated rings. The van der Waals surface area contributed by atoms with Crippen LogP contribution in [0, 0.1) is 22.7 Å². The van der Waals surface area contributed by atoms with E-state index < -0.39 is 34.9 Å². The van der Waals surface area contributed by atoms with E-state index in [1.807, 2.05) is 0 Å². The molecule has 9 atom stereocenters. The molecule has 2 aliphatic heterocycles. The summed E-state index contributed by atoms with van der Waals surface area (Å²) < 4.78 is 6.15. The van der Waals surface area contributed by atoms with Gasteiger partial charge in [-0.05, 0) is 55.2 Å². The summed E-state index contributed by atoms with van der Waals surface area (Å²) in [5.74, 6) is -2.99. The molecule has 1 aromatic carbocycles. The zero-order valence-corrected chi connectivity index (χ0v) is 19.5. The fourth-order valence-corrected chi connectivity index (χ4v) is 9.18. The number of benzene rings is 1. The van der Waals surface area contributed by atoms with E-state index in [1.54, 1.807) is 18.2 Å². The maximum atomic E-state index is 12.2. The lowest BCUT2D eigenvalue weighted by atomic mass is 9.35. The van der Waals surface area contributed by atoms with E-state index in [1.165, 1.54) is 0 Å². The van der Waals surface area contributed by atoms with E-state index >= 15 is 0 Å². The first-order chi connectivity index (χ1) is 15.6. The van der Waals surface area contributed by atoms with Gasteiger partial charge in [0.05, 0.1) is 41.2 Å². The molecule has 0 radical (unpaired) electrons. The summed E-state index contributed by atoms with van der Waals surface area (Å²) in [5, 5.41) is 47.9. The third kappa shape index (κ3) is 2.05. The highest BCUT2D eigenvalue weighted by Crippen LogP contribution is 2.76. The first kappa shape index (κ1) is 21.0. The van der Waals surface area contributed by atoms with Crippen molar-refractivity contribution in [3.63, 3.8) is 0 Å². The van der Waals surface area contributed by atoms with Crippen LogP contribution in [0.4, 0.5) is 0 Å². The topological polar surface area (TPSA) is 116 Å². The average molecular weight is 473 g/mol. The highest BCUT2D eigenvalue weighted by Gasteiger charge is 2.85. The van der Waals surface area contributed by atoms with Gasteiger partial charge in [0.15, 0.2) is 0 Å². The van der Waals surface area contributed by atoms with Gasteiger partial charge in [0.2, 0.25) is 5.79 Å². The van der Waals surface area contributed by atoms with E-state index in [2.05, 4.69) is 13.8 Å². The number of halogens is 1. The maximum Gasteiger partial charge on any atom is 0.206 e. The molecule has 8 heteroatoms. The fraction of sp³-hybridized carbons (Fsp3) is 0.680. The third-order valence-electron chi connectivity index (χ3n) is 10.2. The minimum absolute atomic E-state index is 0.158. The molecule has 3 unspecified atom stereocenters. The Morgan fingerprint density at radius 2 is 1.82 bits per heavy atom. The van der Waals surface area contributed by atoms with Crippen molar-refractivity contribution in [2.75, 3.05) is 6.61 Å². The minimum atomic E-state index is -2.02. The van der Waals surface area contributed by atoms with E-state index in [4.69, 9.17) is 26.3 Å². The molecule has 4 N–H and O–H groups in total. The van der Waals surface area contributed by atoms with Gasteiger partial charge in [0, 0.05) is 22.3 Å². The Balaban J connectivity index is 1.55. The molecule has 1 aromatic heterocycles. The number of hydrogen-bond donors (Lipinski definition) is 4. The predicted molar refractivity (Wildman–Crippen MR) is 120 cm³/mol. The summed E-state index contributed by atoms with van der Waals surface area (Å²) >= 11 is 6.19. The molecule has 0 amide bonds. The summed E-state index contributed by atoms with van der Waals surface area (Å²) in [6, 6.07) is 5.28. The highest BCUT2D eigenvalue weighted by atomic mass is 35.5. The monoisotopic (exact) mass is 472 g/mol. The van der Waals surface area contributed by atoms with Crippen LogP contribution in [0.2, 0.25) is 5.02 Å². The highest BCUT2D eigenvalue weighted by molar-refractivity contribution is 6.31. The molecular weight excluding hydrogens is 444 g/mol. The van der Waals surface area contributed by atoms with Crippen molar-refractivity contribution < 1.29 is 25.2 Å². The number of aromatic nitrogens is 2. The van der Waals surface area contributed by atoms with Crippen LogP contribution in [0.15, 0.2) is 18.2 Å². The summed E-state index contributed by atoms with van der Waals surface area (Å²) in [5.41, 5.74) is -0.0271. The molecule has 4 bridgehead atoms. The van der Waals surface area contributed by atoms with Crippen molar-refractivity contribution in [2.24, 2.45) is 22.7 Å². The van der Waals surface area contributed by atoms with Crippen molar-refractivity contribution in [2.45, 2.75) is 75.0 Å². The number of fused-ring (bicyclic) bond motifs is 5. The Labute approximate surface area is 196 Å². The van der Waals surface area contributed by atoms with Crippen molar-refractivity contribution >= 4 is 22.6 Å². The summed E-state index contributed by atoms with van der Waals surface area (Å²) in [4.78, 5) is 9.81. The van der Waals surface area contributed by atoms with Gasteiger partial charge in [0.1, 0.15) is 11.5 Å². The van der Waals surface area contributed by atoms with Gasteiger partial charge >= 0.3 is 0 Å². The average Bonchev–Trinajstić information content (AvgIpc) is 2.89. The van der Waals surface area contributed by atoms with Gasteiger partial charge in [-0.25, -0.2) is 9.97 Å². The quantitative estimate of drug-likeness (QED) is 0.464. The molecule has 8 rings (SSSR count). The number of ether oxygens (including phenoxy) is 1. The number of rotatable bonds is 0. The van der Waals surface area contributed by atoms with Crippen LogP contribution in [0.5, 0.6) is 0 Å². The Morgan fingerprint density at radius 1 is 1.03 bits per heavy atom. The van der Waals surface area contributed by atoms with Crippen LogP contribution < -0.4 is 0 Å². The fourth-order valence-electron chi connectivity index (χ4n) is 9.01. The SMILES string of the molecule is CC1(C)CC[C@H](O)[C@]23CO[C@@](O)([C@@H](O)C12)C12c4nc5ccc(Cl)cc5nc4[C@H](CCC13)[C@H]2O. The number of hydrogen-bond acceptors (Lipinski definition) is 7. The Kier molecular flexibility index (Phi) is 3.86. The van der Waals surface area contributed by atoms with Crippen molar-refractivity contribution in [3.8, 4) is 0 Å². The molecular formula is C25H29ClN2O5.